The van der Waals surface area contributed by atoms with Gasteiger partial charge >= 0.3 is 5.97 Å². The van der Waals surface area contributed by atoms with Crippen LogP contribution in [0.5, 0.6) is 0 Å². The highest BCUT2D eigenvalue weighted by molar-refractivity contribution is 5.79. The van der Waals surface area contributed by atoms with Crippen molar-refractivity contribution in [2.45, 2.75) is 25.6 Å². The first kappa shape index (κ1) is 15.2. The van der Waals surface area contributed by atoms with E-state index in [0.717, 1.165) is 5.69 Å². The summed E-state index contributed by atoms with van der Waals surface area (Å²) in [6.45, 7) is 1.78. The second-order valence-corrected chi connectivity index (χ2v) is 4.91. The normalized spacial score (nSPS) is 13.9. The van der Waals surface area contributed by atoms with E-state index >= 15 is 0 Å². The Kier molecular flexibility index (Phi) is 4.40. The largest absolute Gasteiger partial charge is 0.469 e. The number of nitrogens with one attached hydrogen (secondary N) is 1. The van der Waals surface area contributed by atoms with Gasteiger partial charge in [0.1, 0.15) is 6.10 Å². The Labute approximate surface area is 121 Å². The van der Waals surface area contributed by atoms with Gasteiger partial charge in [-0.3, -0.25) is 9.59 Å². The minimum Gasteiger partial charge on any atom is -0.469 e. The van der Waals surface area contributed by atoms with Crippen LogP contribution in [0.2, 0.25) is 0 Å². The van der Waals surface area contributed by atoms with E-state index in [2.05, 4.69) is 9.72 Å². The summed E-state index contributed by atoms with van der Waals surface area (Å²) < 4.78 is 4.44. The summed E-state index contributed by atoms with van der Waals surface area (Å²) >= 11 is 0. The van der Waals surface area contributed by atoms with Gasteiger partial charge in [-0.05, 0) is 24.6 Å². The number of aryl methyl sites for hydroxylation is 1. The van der Waals surface area contributed by atoms with Gasteiger partial charge in [0, 0.05) is 22.7 Å². The van der Waals surface area contributed by atoms with E-state index in [1.54, 1.807) is 19.1 Å². The number of methoxy groups -OCH3 is 1. The summed E-state index contributed by atoms with van der Waals surface area (Å²) in [4.78, 5) is 26.1. The lowest BCUT2D eigenvalue weighted by molar-refractivity contribution is -0.144. The van der Waals surface area contributed by atoms with Gasteiger partial charge in [-0.15, -0.1) is 0 Å². The number of aliphatic hydroxyl groups is 2. The van der Waals surface area contributed by atoms with Gasteiger partial charge in [0.25, 0.3) is 0 Å². The third-order valence-corrected chi connectivity index (χ3v) is 3.30. The molecule has 0 saturated heterocycles. The van der Waals surface area contributed by atoms with Gasteiger partial charge in [0.2, 0.25) is 0 Å². The number of hydrogen-bond donors (Lipinski definition) is 3. The molecule has 0 amide bonds. The van der Waals surface area contributed by atoms with Gasteiger partial charge in [-0.1, -0.05) is 6.07 Å². The highest BCUT2D eigenvalue weighted by Crippen LogP contribution is 2.22. The number of pyridine rings is 1. The molecule has 3 N–H and O–H groups in total. The van der Waals surface area contributed by atoms with Gasteiger partial charge in [0.05, 0.1) is 19.6 Å². The molecule has 0 aliphatic rings. The number of benzene rings is 1. The Morgan fingerprint density at radius 1 is 1.33 bits per heavy atom. The molecule has 0 spiro atoms. The van der Waals surface area contributed by atoms with Crippen LogP contribution in [-0.4, -0.2) is 34.4 Å². The Bertz CT molecular complexity index is 722. The van der Waals surface area contributed by atoms with Crippen molar-refractivity contribution in [3.8, 4) is 0 Å². The zero-order chi connectivity index (χ0) is 15.6. The zero-order valence-electron chi connectivity index (χ0n) is 11.8. The molecule has 0 aliphatic heterocycles. The smallest absolute Gasteiger partial charge is 0.308 e. The molecular weight excluding hydrogens is 274 g/mol. The van der Waals surface area contributed by atoms with E-state index in [4.69, 9.17) is 0 Å². The molecule has 6 heteroatoms. The summed E-state index contributed by atoms with van der Waals surface area (Å²) in [7, 11) is 1.21. The summed E-state index contributed by atoms with van der Waals surface area (Å²) in [5.41, 5.74) is 1.59. The lowest BCUT2D eigenvalue weighted by atomic mass is 10.00. The third-order valence-electron chi connectivity index (χ3n) is 3.30. The molecule has 2 aromatic rings. The number of aliphatic hydroxyl groups excluding tert-OH is 2. The Hall–Kier alpha value is -2.18. The average Bonchev–Trinajstić information content (AvgIpc) is 2.45. The van der Waals surface area contributed by atoms with Crippen LogP contribution in [0, 0.1) is 6.92 Å². The summed E-state index contributed by atoms with van der Waals surface area (Å²) in [5.74, 6) is -0.615. The number of H-pyrrole nitrogens is 1. The molecule has 0 bridgehead atoms. The second-order valence-electron chi connectivity index (χ2n) is 4.91. The molecule has 0 radical (unpaired) electrons. The Balaban J connectivity index is 2.34. The summed E-state index contributed by atoms with van der Waals surface area (Å²) in [5, 5.41) is 20.3. The first-order chi connectivity index (χ1) is 9.92. The maximum atomic E-state index is 11.9. The molecule has 1 heterocycles. The minimum absolute atomic E-state index is 0.169. The fourth-order valence-corrected chi connectivity index (χ4v) is 2.17. The fourth-order valence-electron chi connectivity index (χ4n) is 2.17. The number of carbonyl (C=O) groups excluding carboxylic acids is 1. The van der Waals surface area contributed by atoms with Crippen molar-refractivity contribution in [1.82, 2.24) is 4.98 Å². The highest BCUT2D eigenvalue weighted by Gasteiger charge is 2.22. The van der Waals surface area contributed by atoms with Gasteiger partial charge < -0.3 is 19.9 Å². The molecule has 1 aromatic carbocycles. The molecular formula is C15H17NO5. The number of rotatable bonds is 4. The molecule has 2 unspecified atom stereocenters. The number of esters is 1. The van der Waals surface area contributed by atoms with Crippen molar-refractivity contribution in [3.63, 3.8) is 0 Å². The summed E-state index contributed by atoms with van der Waals surface area (Å²) in [6.07, 6.45) is -2.88. The van der Waals surface area contributed by atoms with E-state index in [-0.39, 0.29) is 11.8 Å². The molecule has 21 heavy (non-hydrogen) atoms. The molecule has 0 fully saturated rings. The van der Waals surface area contributed by atoms with E-state index < -0.39 is 18.2 Å². The van der Waals surface area contributed by atoms with Gasteiger partial charge in [-0.25, -0.2) is 0 Å². The maximum absolute atomic E-state index is 11.9. The maximum Gasteiger partial charge on any atom is 0.308 e. The standard InChI is InChI=1S/C15H17NO5/c1-8-5-12(17)10-6-9(3-4-11(10)16-8)15(20)13(18)7-14(19)21-2/h3-6,13,15,18,20H,7H2,1-2H3,(H,16,17). The first-order valence-electron chi connectivity index (χ1n) is 6.49. The van der Waals surface area contributed by atoms with E-state index in [1.807, 2.05) is 0 Å². The van der Waals surface area contributed by atoms with Crippen LogP contribution in [0.15, 0.2) is 29.1 Å². The van der Waals surface area contributed by atoms with Crippen LogP contribution < -0.4 is 5.43 Å². The topological polar surface area (TPSA) is 99.6 Å². The Morgan fingerprint density at radius 2 is 2.05 bits per heavy atom. The molecule has 112 valence electrons. The third kappa shape index (κ3) is 3.29. The molecule has 1 aromatic heterocycles. The van der Waals surface area contributed by atoms with Crippen LogP contribution in [0.1, 0.15) is 23.8 Å². The number of aromatic amines is 1. The van der Waals surface area contributed by atoms with Crippen molar-refractivity contribution in [1.29, 1.82) is 0 Å². The van der Waals surface area contributed by atoms with Crippen LogP contribution in [-0.2, 0) is 9.53 Å². The van der Waals surface area contributed by atoms with Gasteiger partial charge in [-0.2, -0.15) is 0 Å². The van der Waals surface area contributed by atoms with Crippen LogP contribution in [0.25, 0.3) is 10.9 Å². The zero-order valence-corrected chi connectivity index (χ0v) is 11.8. The van der Waals surface area contributed by atoms with Crippen molar-refractivity contribution in [2.75, 3.05) is 7.11 Å². The predicted octanol–water partition coefficient (Wildman–Crippen LogP) is 0.794. The molecule has 0 aliphatic carbocycles. The highest BCUT2D eigenvalue weighted by atomic mass is 16.5. The number of carbonyl (C=O) groups is 1. The molecule has 6 nitrogen and oxygen atoms in total. The monoisotopic (exact) mass is 291 g/mol. The fraction of sp³-hybridized carbons (Fsp3) is 0.333. The van der Waals surface area contributed by atoms with E-state index in [0.29, 0.717) is 16.5 Å². The number of ether oxygens (including phenoxy) is 1. The van der Waals surface area contributed by atoms with Gasteiger partial charge in [0.15, 0.2) is 5.43 Å². The lowest BCUT2D eigenvalue weighted by Crippen LogP contribution is -2.22. The molecule has 0 saturated carbocycles. The summed E-state index contributed by atoms with van der Waals surface area (Å²) in [6, 6.07) is 6.23. The van der Waals surface area contributed by atoms with Crippen LogP contribution in [0.4, 0.5) is 0 Å². The number of hydrogen-bond acceptors (Lipinski definition) is 5. The second kappa shape index (κ2) is 6.07. The first-order valence-corrected chi connectivity index (χ1v) is 6.49. The van der Waals surface area contributed by atoms with Crippen molar-refractivity contribution in [2.24, 2.45) is 0 Å². The SMILES string of the molecule is COC(=O)CC(O)C(O)c1ccc2[nH]c(C)cc(=O)c2c1. The van der Waals surface area contributed by atoms with Crippen molar-refractivity contribution in [3.05, 3.63) is 45.7 Å². The van der Waals surface area contributed by atoms with Crippen molar-refractivity contribution < 1.29 is 19.7 Å². The quantitative estimate of drug-likeness (QED) is 0.723. The number of fused-ring (bicyclic) bond motifs is 1. The number of aromatic nitrogens is 1. The van der Waals surface area contributed by atoms with Crippen LogP contribution in [0.3, 0.4) is 0 Å². The Morgan fingerprint density at radius 3 is 2.71 bits per heavy atom. The van der Waals surface area contributed by atoms with Crippen LogP contribution >= 0.6 is 0 Å². The average molecular weight is 291 g/mol. The minimum atomic E-state index is -1.29. The molecule has 2 atom stereocenters. The van der Waals surface area contributed by atoms with Crippen molar-refractivity contribution >= 4 is 16.9 Å². The van der Waals surface area contributed by atoms with E-state index in [1.165, 1.54) is 19.2 Å². The molecule has 2 rings (SSSR count). The predicted molar refractivity (Wildman–Crippen MR) is 76.9 cm³/mol. The lowest BCUT2D eigenvalue weighted by Gasteiger charge is -2.17. The van der Waals surface area contributed by atoms with E-state index in [9.17, 15) is 19.8 Å².